The van der Waals surface area contributed by atoms with Gasteiger partial charge in [0.15, 0.2) is 0 Å². The number of carbonyl (C=O) groups is 2. The Kier molecular flexibility index (Phi) is 7.24. The largest absolute Gasteiger partial charge is 0.465 e. The molecule has 0 amide bonds. The van der Waals surface area contributed by atoms with Crippen molar-refractivity contribution in [1.29, 1.82) is 0 Å². The van der Waals surface area contributed by atoms with Crippen LogP contribution in [0, 0.1) is 10.8 Å². The molecule has 2 aliphatic rings. The first-order valence-corrected chi connectivity index (χ1v) is 8.78. The molecule has 0 aromatic heterocycles. The molecular formula is C20H32O3. The van der Waals surface area contributed by atoms with Crippen molar-refractivity contribution < 1.29 is 14.3 Å². The number of hydrogen-bond donors (Lipinski definition) is 0. The smallest absolute Gasteiger partial charge is 0.315 e. The third-order valence-electron chi connectivity index (χ3n) is 5.44. The maximum atomic E-state index is 11.7. The van der Waals surface area contributed by atoms with Gasteiger partial charge in [0.2, 0.25) is 0 Å². The van der Waals surface area contributed by atoms with Gasteiger partial charge >= 0.3 is 5.97 Å². The Balaban J connectivity index is 0.000000238. The highest BCUT2D eigenvalue weighted by Crippen LogP contribution is 2.38. The number of aldehydes is 1. The SMILES string of the molecule is CC1=CCCC[C@@]1(C)C=O.CCOC(=O)[C@]1(C)CCCC=C1C. The van der Waals surface area contributed by atoms with Crippen molar-refractivity contribution in [2.45, 2.75) is 73.1 Å². The Labute approximate surface area is 141 Å². The van der Waals surface area contributed by atoms with Crippen LogP contribution in [0.5, 0.6) is 0 Å². The molecule has 2 rings (SSSR count). The molecule has 0 aliphatic heterocycles. The van der Waals surface area contributed by atoms with Crippen molar-refractivity contribution in [3.05, 3.63) is 23.3 Å². The molecule has 23 heavy (non-hydrogen) atoms. The van der Waals surface area contributed by atoms with Crippen molar-refractivity contribution in [3.63, 3.8) is 0 Å². The topological polar surface area (TPSA) is 43.4 Å². The molecule has 0 bridgehead atoms. The maximum absolute atomic E-state index is 11.7. The van der Waals surface area contributed by atoms with Gasteiger partial charge < -0.3 is 9.53 Å². The molecule has 3 nitrogen and oxygen atoms in total. The number of allylic oxidation sites excluding steroid dienone is 3. The van der Waals surface area contributed by atoms with E-state index in [0.717, 1.165) is 50.4 Å². The fraction of sp³-hybridized carbons (Fsp3) is 0.700. The number of hydrogen-bond acceptors (Lipinski definition) is 3. The molecule has 130 valence electrons. The van der Waals surface area contributed by atoms with Gasteiger partial charge in [0, 0.05) is 5.41 Å². The zero-order valence-electron chi connectivity index (χ0n) is 15.4. The van der Waals surface area contributed by atoms with Gasteiger partial charge in [-0.25, -0.2) is 0 Å². The van der Waals surface area contributed by atoms with Gasteiger partial charge in [0.05, 0.1) is 12.0 Å². The van der Waals surface area contributed by atoms with E-state index in [1.807, 2.05) is 34.6 Å². The predicted molar refractivity (Wildman–Crippen MR) is 94.1 cm³/mol. The molecule has 2 aliphatic carbocycles. The van der Waals surface area contributed by atoms with Gasteiger partial charge in [-0.2, -0.15) is 0 Å². The van der Waals surface area contributed by atoms with Gasteiger partial charge in [0.25, 0.3) is 0 Å². The summed E-state index contributed by atoms with van der Waals surface area (Å²) in [7, 11) is 0. The van der Waals surface area contributed by atoms with E-state index in [-0.39, 0.29) is 16.8 Å². The Hall–Kier alpha value is -1.38. The maximum Gasteiger partial charge on any atom is 0.315 e. The molecule has 0 saturated carbocycles. The molecule has 0 aromatic rings. The third-order valence-corrected chi connectivity index (χ3v) is 5.44. The highest BCUT2D eigenvalue weighted by molar-refractivity contribution is 5.80. The summed E-state index contributed by atoms with van der Waals surface area (Å²) in [5, 5.41) is 0. The van der Waals surface area contributed by atoms with E-state index in [4.69, 9.17) is 4.74 Å². The fourth-order valence-electron chi connectivity index (χ4n) is 3.12. The van der Waals surface area contributed by atoms with Crippen molar-refractivity contribution in [3.8, 4) is 0 Å². The molecule has 3 heteroatoms. The quantitative estimate of drug-likeness (QED) is 0.417. The van der Waals surface area contributed by atoms with Gasteiger partial charge in [-0.3, -0.25) is 4.79 Å². The van der Waals surface area contributed by atoms with Crippen molar-refractivity contribution in [1.82, 2.24) is 0 Å². The van der Waals surface area contributed by atoms with Crippen molar-refractivity contribution >= 4 is 12.3 Å². The molecule has 0 aromatic carbocycles. The summed E-state index contributed by atoms with van der Waals surface area (Å²) in [5.74, 6) is -0.0662. The van der Waals surface area contributed by atoms with Crippen LogP contribution in [0.4, 0.5) is 0 Å². The van der Waals surface area contributed by atoms with E-state index in [0.29, 0.717) is 6.61 Å². The molecule has 0 spiro atoms. The van der Waals surface area contributed by atoms with E-state index >= 15 is 0 Å². The number of esters is 1. The van der Waals surface area contributed by atoms with E-state index in [9.17, 15) is 9.59 Å². The van der Waals surface area contributed by atoms with E-state index in [1.165, 1.54) is 5.57 Å². The molecule has 0 heterocycles. The van der Waals surface area contributed by atoms with Crippen LogP contribution in [-0.2, 0) is 14.3 Å². The van der Waals surface area contributed by atoms with Gasteiger partial charge in [0.1, 0.15) is 6.29 Å². The van der Waals surface area contributed by atoms with Crippen molar-refractivity contribution in [2.24, 2.45) is 10.8 Å². The molecule has 0 radical (unpaired) electrons. The van der Waals surface area contributed by atoms with Gasteiger partial charge in [-0.05, 0) is 73.1 Å². The summed E-state index contributed by atoms with van der Waals surface area (Å²) in [6, 6.07) is 0. The fourth-order valence-corrected chi connectivity index (χ4v) is 3.12. The zero-order valence-corrected chi connectivity index (χ0v) is 15.4. The lowest BCUT2D eigenvalue weighted by Gasteiger charge is -2.31. The summed E-state index contributed by atoms with van der Waals surface area (Å²) in [6.07, 6.45) is 11.9. The predicted octanol–water partition coefficient (Wildman–Crippen LogP) is 5.01. The number of ether oxygens (including phenoxy) is 1. The summed E-state index contributed by atoms with van der Waals surface area (Å²) in [5.41, 5.74) is 1.91. The van der Waals surface area contributed by atoms with Crippen LogP contribution in [0.3, 0.4) is 0 Å². The second-order valence-corrected chi connectivity index (χ2v) is 7.15. The van der Waals surface area contributed by atoms with Crippen LogP contribution in [0.2, 0.25) is 0 Å². The van der Waals surface area contributed by atoms with Crippen LogP contribution in [0.15, 0.2) is 23.3 Å². The monoisotopic (exact) mass is 320 g/mol. The Morgan fingerprint density at radius 1 is 1.13 bits per heavy atom. The van der Waals surface area contributed by atoms with Gasteiger partial charge in [-0.15, -0.1) is 0 Å². The van der Waals surface area contributed by atoms with Gasteiger partial charge in [-0.1, -0.05) is 23.3 Å². The molecule has 2 atom stereocenters. The summed E-state index contributed by atoms with van der Waals surface area (Å²) in [6.45, 7) is 10.4. The highest BCUT2D eigenvalue weighted by Gasteiger charge is 2.37. The lowest BCUT2D eigenvalue weighted by atomic mass is 9.75. The Morgan fingerprint density at radius 2 is 1.70 bits per heavy atom. The summed E-state index contributed by atoms with van der Waals surface area (Å²) >= 11 is 0. The highest BCUT2D eigenvalue weighted by atomic mass is 16.5. The average Bonchev–Trinajstić information content (AvgIpc) is 2.54. The third kappa shape index (κ3) is 4.79. The summed E-state index contributed by atoms with van der Waals surface area (Å²) < 4.78 is 5.08. The lowest BCUT2D eigenvalue weighted by Crippen LogP contribution is -2.32. The van der Waals surface area contributed by atoms with E-state index in [1.54, 1.807) is 0 Å². The molecule has 0 unspecified atom stereocenters. The van der Waals surface area contributed by atoms with Crippen LogP contribution < -0.4 is 0 Å². The first-order valence-electron chi connectivity index (χ1n) is 8.78. The normalized spacial score (nSPS) is 30.3. The summed E-state index contributed by atoms with van der Waals surface area (Å²) in [4.78, 5) is 22.3. The lowest BCUT2D eigenvalue weighted by molar-refractivity contribution is -0.152. The minimum absolute atomic E-state index is 0.0662. The van der Waals surface area contributed by atoms with Crippen LogP contribution >= 0.6 is 0 Å². The average molecular weight is 320 g/mol. The van der Waals surface area contributed by atoms with Crippen LogP contribution in [0.1, 0.15) is 73.1 Å². The molecule has 0 fully saturated rings. The Bertz CT molecular complexity index is 489. The minimum Gasteiger partial charge on any atom is -0.465 e. The first-order chi connectivity index (χ1) is 10.8. The van der Waals surface area contributed by atoms with E-state index in [2.05, 4.69) is 12.2 Å². The Morgan fingerprint density at radius 3 is 2.13 bits per heavy atom. The second kappa shape index (κ2) is 8.47. The molecule has 0 N–H and O–H groups in total. The standard InChI is InChI=1S/C11H18O2.C9H14O/c1-4-13-10(12)11(3)8-6-5-7-9(11)2;1-8-5-3-4-6-9(8,2)7-10/h7H,4-6,8H2,1-3H3;5,7H,3-4,6H2,1-2H3/t11-;9-/m10/s1. The first kappa shape index (κ1) is 19.7. The number of carbonyl (C=O) groups excluding carboxylic acids is 2. The molecular weight excluding hydrogens is 288 g/mol. The number of rotatable bonds is 3. The van der Waals surface area contributed by atoms with E-state index < -0.39 is 0 Å². The van der Waals surface area contributed by atoms with Crippen LogP contribution in [-0.4, -0.2) is 18.9 Å². The minimum atomic E-state index is -0.353. The van der Waals surface area contributed by atoms with Crippen molar-refractivity contribution in [2.75, 3.05) is 6.61 Å². The molecule has 0 saturated heterocycles. The second-order valence-electron chi connectivity index (χ2n) is 7.15. The zero-order chi connectivity index (χ0) is 17.5. The van der Waals surface area contributed by atoms with Crippen LogP contribution in [0.25, 0.3) is 0 Å².